The molecule has 7 nitrogen and oxygen atoms in total. The number of carbonyl (C=O) groups is 1. The standard InChI is InChI=1S/C21H21N5O2/c27-18-7-3-14(4-8-18)20(28)24-16-5-6-17(12-16)25-21-23-11-9-19(26-21)15-2-1-10-22-13-15/h1-4,7-11,13,16-17,27H,5-6,12H2,(H,24,28)(H,23,25,26)/t16-,17-/m0/s1. The molecule has 28 heavy (non-hydrogen) atoms. The minimum atomic E-state index is -0.125. The molecular formula is C21H21N5O2. The SMILES string of the molecule is O=C(N[C@H]1CC[C@H](Nc2nccc(-c3cccnc3)n2)C1)c1ccc(O)cc1. The van der Waals surface area contributed by atoms with Crippen LogP contribution in [0.25, 0.3) is 11.3 Å². The average molecular weight is 375 g/mol. The normalized spacial score (nSPS) is 18.6. The van der Waals surface area contributed by atoms with Crippen molar-refractivity contribution in [3.8, 4) is 17.0 Å². The molecule has 7 heteroatoms. The molecule has 142 valence electrons. The lowest BCUT2D eigenvalue weighted by Gasteiger charge is -2.15. The molecule has 0 radical (unpaired) electrons. The molecule has 0 unspecified atom stereocenters. The number of nitrogens with one attached hydrogen (secondary N) is 2. The summed E-state index contributed by atoms with van der Waals surface area (Å²) >= 11 is 0. The van der Waals surface area contributed by atoms with E-state index >= 15 is 0 Å². The fourth-order valence-corrected chi connectivity index (χ4v) is 3.41. The van der Waals surface area contributed by atoms with Crippen molar-refractivity contribution in [2.75, 3.05) is 5.32 Å². The number of hydrogen-bond acceptors (Lipinski definition) is 6. The van der Waals surface area contributed by atoms with Crippen LogP contribution in [-0.2, 0) is 0 Å². The lowest BCUT2D eigenvalue weighted by Crippen LogP contribution is -2.33. The number of aromatic nitrogens is 3. The highest BCUT2D eigenvalue weighted by Gasteiger charge is 2.26. The first-order chi connectivity index (χ1) is 13.7. The maximum atomic E-state index is 12.3. The van der Waals surface area contributed by atoms with Crippen molar-refractivity contribution in [1.29, 1.82) is 0 Å². The van der Waals surface area contributed by atoms with Crippen LogP contribution < -0.4 is 10.6 Å². The third-order valence-corrected chi connectivity index (χ3v) is 4.84. The summed E-state index contributed by atoms with van der Waals surface area (Å²) in [4.78, 5) is 25.4. The first-order valence-corrected chi connectivity index (χ1v) is 9.27. The lowest BCUT2D eigenvalue weighted by molar-refractivity contribution is 0.0938. The number of benzene rings is 1. The van der Waals surface area contributed by atoms with E-state index in [2.05, 4.69) is 25.6 Å². The maximum absolute atomic E-state index is 12.3. The number of carbonyl (C=O) groups excluding carboxylic acids is 1. The second-order valence-electron chi connectivity index (χ2n) is 6.88. The van der Waals surface area contributed by atoms with Crippen LogP contribution in [0.5, 0.6) is 5.75 Å². The summed E-state index contributed by atoms with van der Waals surface area (Å²) in [5, 5.41) is 15.8. The predicted octanol–water partition coefficient (Wildman–Crippen LogP) is 3.01. The molecule has 1 aliphatic carbocycles. The number of phenolic OH excluding ortho intramolecular Hbond substituents is 1. The average Bonchev–Trinajstić information content (AvgIpc) is 3.16. The second-order valence-corrected chi connectivity index (χ2v) is 6.88. The van der Waals surface area contributed by atoms with E-state index in [0.717, 1.165) is 30.5 Å². The number of rotatable bonds is 5. The fraction of sp³-hybridized carbons (Fsp3) is 0.238. The van der Waals surface area contributed by atoms with Gasteiger partial charge in [0.2, 0.25) is 5.95 Å². The van der Waals surface area contributed by atoms with E-state index in [9.17, 15) is 9.90 Å². The Labute approximate surface area is 162 Å². The third kappa shape index (κ3) is 4.25. The molecule has 1 amide bonds. The van der Waals surface area contributed by atoms with Crippen molar-refractivity contribution in [2.24, 2.45) is 0 Å². The Morgan fingerprint density at radius 2 is 1.86 bits per heavy atom. The summed E-state index contributed by atoms with van der Waals surface area (Å²) in [6.45, 7) is 0. The van der Waals surface area contributed by atoms with Gasteiger partial charge < -0.3 is 15.7 Å². The Morgan fingerprint density at radius 3 is 2.64 bits per heavy atom. The Bertz CT molecular complexity index is 947. The van der Waals surface area contributed by atoms with Crippen LogP contribution in [0.1, 0.15) is 29.6 Å². The van der Waals surface area contributed by atoms with Gasteiger partial charge in [0.05, 0.1) is 5.69 Å². The molecule has 3 aromatic rings. The van der Waals surface area contributed by atoms with Gasteiger partial charge in [-0.25, -0.2) is 9.97 Å². The van der Waals surface area contributed by atoms with Crippen molar-refractivity contribution < 1.29 is 9.90 Å². The van der Waals surface area contributed by atoms with Crippen molar-refractivity contribution in [3.63, 3.8) is 0 Å². The summed E-state index contributed by atoms with van der Waals surface area (Å²) in [7, 11) is 0. The molecule has 2 atom stereocenters. The summed E-state index contributed by atoms with van der Waals surface area (Å²) in [6.07, 6.45) is 7.87. The topological polar surface area (TPSA) is 100 Å². The zero-order valence-electron chi connectivity index (χ0n) is 15.2. The number of nitrogens with zero attached hydrogens (tertiary/aromatic N) is 3. The summed E-state index contributed by atoms with van der Waals surface area (Å²) in [5.74, 6) is 0.604. The van der Waals surface area contributed by atoms with E-state index < -0.39 is 0 Å². The second kappa shape index (κ2) is 8.04. The van der Waals surface area contributed by atoms with E-state index in [1.165, 1.54) is 12.1 Å². The van der Waals surface area contributed by atoms with Crippen LogP contribution >= 0.6 is 0 Å². The predicted molar refractivity (Wildman–Crippen MR) is 106 cm³/mol. The highest BCUT2D eigenvalue weighted by Crippen LogP contribution is 2.23. The molecule has 1 aromatic carbocycles. The smallest absolute Gasteiger partial charge is 0.251 e. The van der Waals surface area contributed by atoms with E-state index in [4.69, 9.17) is 0 Å². The minimum absolute atomic E-state index is 0.0975. The van der Waals surface area contributed by atoms with Gasteiger partial charge in [0.1, 0.15) is 5.75 Å². The molecule has 0 saturated heterocycles. The molecule has 0 bridgehead atoms. The van der Waals surface area contributed by atoms with Gasteiger partial charge in [-0.1, -0.05) is 0 Å². The molecule has 1 aliphatic rings. The van der Waals surface area contributed by atoms with Gasteiger partial charge in [-0.15, -0.1) is 0 Å². The van der Waals surface area contributed by atoms with Crippen molar-refractivity contribution in [3.05, 3.63) is 66.6 Å². The Hall–Kier alpha value is -3.48. The molecule has 0 aliphatic heterocycles. The van der Waals surface area contributed by atoms with Crippen molar-refractivity contribution in [2.45, 2.75) is 31.3 Å². The Kier molecular flexibility index (Phi) is 5.14. The highest BCUT2D eigenvalue weighted by atomic mass is 16.3. The number of aromatic hydroxyl groups is 1. The third-order valence-electron chi connectivity index (χ3n) is 4.84. The molecule has 1 fully saturated rings. The van der Waals surface area contributed by atoms with Crippen LogP contribution in [0.15, 0.2) is 61.1 Å². The van der Waals surface area contributed by atoms with E-state index in [0.29, 0.717) is 11.5 Å². The summed E-state index contributed by atoms with van der Waals surface area (Å²) in [5.41, 5.74) is 2.31. The molecule has 4 rings (SSSR count). The molecule has 3 N–H and O–H groups in total. The van der Waals surface area contributed by atoms with Crippen molar-refractivity contribution >= 4 is 11.9 Å². The first-order valence-electron chi connectivity index (χ1n) is 9.27. The number of phenols is 1. The van der Waals surface area contributed by atoms with Crippen LogP contribution in [0.4, 0.5) is 5.95 Å². The Balaban J connectivity index is 1.35. The lowest BCUT2D eigenvalue weighted by atomic mass is 10.1. The van der Waals surface area contributed by atoms with Gasteiger partial charge in [0.25, 0.3) is 5.91 Å². The van der Waals surface area contributed by atoms with Gasteiger partial charge >= 0.3 is 0 Å². The van der Waals surface area contributed by atoms with E-state index in [1.54, 1.807) is 30.7 Å². The minimum Gasteiger partial charge on any atom is -0.508 e. The van der Waals surface area contributed by atoms with Crippen LogP contribution in [0.3, 0.4) is 0 Å². The molecule has 1 saturated carbocycles. The van der Waals surface area contributed by atoms with Crippen LogP contribution in [-0.4, -0.2) is 38.0 Å². The number of anilines is 1. The van der Waals surface area contributed by atoms with Crippen LogP contribution in [0.2, 0.25) is 0 Å². The zero-order valence-corrected chi connectivity index (χ0v) is 15.2. The largest absolute Gasteiger partial charge is 0.508 e. The monoisotopic (exact) mass is 375 g/mol. The van der Waals surface area contributed by atoms with Crippen molar-refractivity contribution in [1.82, 2.24) is 20.3 Å². The summed E-state index contributed by atoms with van der Waals surface area (Å²) in [6, 6.07) is 12.3. The molecule has 2 heterocycles. The maximum Gasteiger partial charge on any atom is 0.251 e. The Morgan fingerprint density at radius 1 is 1.04 bits per heavy atom. The van der Waals surface area contributed by atoms with E-state index in [1.807, 2.05) is 18.2 Å². The number of hydrogen-bond donors (Lipinski definition) is 3. The number of pyridine rings is 1. The fourth-order valence-electron chi connectivity index (χ4n) is 3.41. The van der Waals surface area contributed by atoms with Gasteiger partial charge in [-0.3, -0.25) is 9.78 Å². The molecular weight excluding hydrogens is 354 g/mol. The first kappa shape index (κ1) is 17.9. The highest BCUT2D eigenvalue weighted by molar-refractivity contribution is 5.94. The van der Waals surface area contributed by atoms with Crippen LogP contribution in [0, 0.1) is 0 Å². The van der Waals surface area contributed by atoms with Gasteiger partial charge in [0, 0.05) is 41.8 Å². The van der Waals surface area contributed by atoms with Gasteiger partial charge in [-0.2, -0.15) is 0 Å². The van der Waals surface area contributed by atoms with E-state index in [-0.39, 0.29) is 23.7 Å². The molecule has 0 spiro atoms. The number of amides is 1. The molecule has 2 aromatic heterocycles. The van der Waals surface area contributed by atoms with Gasteiger partial charge in [-0.05, 0) is 61.7 Å². The quantitative estimate of drug-likeness (QED) is 0.634. The summed E-state index contributed by atoms with van der Waals surface area (Å²) < 4.78 is 0. The zero-order chi connectivity index (χ0) is 19.3. The van der Waals surface area contributed by atoms with Gasteiger partial charge in [0.15, 0.2) is 0 Å².